The Morgan fingerprint density at radius 2 is 1.84 bits per heavy atom. The van der Waals surface area contributed by atoms with Crippen molar-refractivity contribution in [1.29, 1.82) is 0 Å². The smallest absolute Gasteiger partial charge is 0.495 e. The molecule has 8 nitrogen and oxygen atoms in total. The highest BCUT2D eigenvalue weighted by Gasteiger charge is 2.44. The van der Waals surface area contributed by atoms with Gasteiger partial charge in [0, 0.05) is 30.1 Å². The third-order valence-corrected chi connectivity index (χ3v) is 9.74. The molecule has 0 radical (unpaired) electrons. The predicted molar refractivity (Wildman–Crippen MR) is 136 cm³/mol. The Hall–Kier alpha value is -2.83. The summed E-state index contributed by atoms with van der Waals surface area (Å²) in [5, 5.41) is 0. The molecule has 37 heavy (non-hydrogen) atoms. The van der Waals surface area contributed by atoms with E-state index in [1.165, 1.54) is 22.0 Å². The zero-order valence-electron chi connectivity index (χ0n) is 20.4. The monoisotopic (exact) mass is 551 g/mol. The number of methoxy groups -OCH3 is 1. The molecule has 2 aliphatic heterocycles. The largest absolute Gasteiger partial charge is 0.586 e. The van der Waals surface area contributed by atoms with E-state index in [-0.39, 0.29) is 35.5 Å². The predicted octanol–water partition coefficient (Wildman–Crippen LogP) is 5.34. The average molecular weight is 552 g/mol. The van der Waals surface area contributed by atoms with Crippen molar-refractivity contribution in [3.8, 4) is 17.2 Å². The van der Waals surface area contributed by atoms with E-state index in [0.29, 0.717) is 18.6 Å². The van der Waals surface area contributed by atoms with Crippen LogP contribution in [0.25, 0.3) is 0 Å². The van der Waals surface area contributed by atoms with Crippen LogP contribution in [-0.4, -0.2) is 50.2 Å². The summed E-state index contributed by atoms with van der Waals surface area (Å²) in [5.74, 6) is 0.939. The number of halogens is 2. The maximum absolute atomic E-state index is 13.4. The van der Waals surface area contributed by atoms with E-state index >= 15 is 0 Å². The molecule has 0 N–H and O–H groups in total. The number of allylic oxidation sites excluding steroid dienone is 3. The number of benzene rings is 1. The van der Waals surface area contributed by atoms with Crippen LogP contribution in [0.3, 0.4) is 0 Å². The molecule has 2 aromatic rings. The second kappa shape index (κ2) is 10.1. The van der Waals surface area contributed by atoms with Crippen LogP contribution in [0, 0.1) is 0 Å². The molecule has 0 amide bonds. The molecule has 0 saturated carbocycles. The lowest BCUT2D eigenvalue weighted by Crippen LogP contribution is -2.45. The van der Waals surface area contributed by atoms with Crippen molar-refractivity contribution < 1.29 is 31.4 Å². The number of hydrogen-bond acceptors (Lipinski definition) is 8. The molecule has 0 spiro atoms. The van der Waals surface area contributed by atoms with Crippen LogP contribution in [0.15, 0.2) is 64.1 Å². The van der Waals surface area contributed by atoms with E-state index in [1.807, 2.05) is 12.1 Å². The molecule has 1 aromatic carbocycles. The number of fused-ring (bicyclic) bond motifs is 1. The Morgan fingerprint density at radius 3 is 2.51 bits per heavy atom. The van der Waals surface area contributed by atoms with Gasteiger partial charge < -0.3 is 14.2 Å². The van der Waals surface area contributed by atoms with Crippen LogP contribution < -0.4 is 18.5 Å². The second-order valence-corrected chi connectivity index (χ2v) is 11.9. The molecule has 0 unspecified atom stereocenters. The minimum absolute atomic E-state index is 0.0309. The van der Waals surface area contributed by atoms with Gasteiger partial charge >= 0.3 is 6.29 Å². The van der Waals surface area contributed by atoms with Crippen LogP contribution in [0.4, 0.5) is 14.6 Å². The number of anilines is 1. The van der Waals surface area contributed by atoms with Gasteiger partial charge in [0.25, 0.3) is 0 Å². The number of ether oxygens (including phenoxy) is 3. The number of nitrogens with zero attached hydrogens (tertiary/aromatic N) is 3. The standard InChI is InChI=1S/C25H27F2N3O5S2/c1-17-5-3-4-6-23(17)36-30(24-10-7-19(33-2)16-28-24)18-11-13-29(14-12-18)37(31,32)20-8-9-21-22(15-20)35-25(26,27)34-21/h5-10,15-16,18H,3-4,11-14H2,1-2H3. The van der Waals surface area contributed by atoms with Gasteiger partial charge in [0.05, 0.1) is 18.2 Å². The van der Waals surface area contributed by atoms with Crippen LogP contribution in [0.5, 0.6) is 17.2 Å². The van der Waals surface area contributed by atoms with E-state index in [9.17, 15) is 17.2 Å². The second-order valence-electron chi connectivity index (χ2n) is 8.92. The first-order valence-electron chi connectivity index (χ1n) is 11.9. The van der Waals surface area contributed by atoms with Gasteiger partial charge in [-0.2, -0.15) is 4.31 Å². The Morgan fingerprint density at radius 1 is 1.11 bits per heavy atom. The van der Waals surface area contributed by atoms with Crippen molar-refractivity contribution in [1.82, 2.24) is 9.29 Å². The normalized spacial score (nSPS) is 19.8. The lowest BCUT2D eigenvalue weighted by atomic mass is 10.1. The van der Waals surface area contributed by atoms with Crippen molar-refractivity contribution in [3.05, 3.63) is 59.2 Å². The van der Waals surface area contributed by atoms with Gasteiger partial charge in [-0.05, 0) is 74.4 Å². The minimum Gasteiger partial charge on any atom is -0.495 e. The summed E-state index contributed by atoms with van der Waals surface area (Å²) in [6, 6.07) is 7.34. The molecule has 3 heterocycles. The molecule has 0 bridgehead atoms. The third-order valence-electron chi connectivity index (χ3n) is 6.48. The first-order chi connectivity index (χ1) is 17.7. The summed E-state index contributed by atoms with van der Waals surface area (Å²) in [5.41, 5.74) is 1.21. The summed E-state index contributed by atoms with van der Waals surface area (Å²) in [4.78, 5) is 5.64. The van der Waals surface area contributed by atoms with Crippen molar-refractivity contribution in [2.75, 3.05) is 24.5 Å². The Kier molecular flexibility index (Phi) is 7.08. The molecular weight excluding hydrogens is 524 g/mol. The van der Waals surface area contributed by atoms with Gasteiger partial charge in [-0.3, -0.25) is 4.31 Å². The number of pyridine rings is 1. The summed E-state index contributed by atoms with van der Waals surface area (Å²) in [6.45, 7) is 2.64. The number of sulfonamides is 1. The topological polar surface area (TPSA) is 81.2 Å². The Bertz CT molecular complexity index is 1320. The molecule has 0 atom stereocenters. The quantitative estimate of drug-likeness (QED) is 0.427. The summed E-state index contributed by atoms with van der Waals surface area (Å²) in [7, 11) is -2.32. The zero-order chi connectivity index (χ0) is 26.2. The fourth-order valence-corrected chi connectivity index (χ4v) is 7.16. The zero-order valence-corrected chi connectivity index (χ0v) is 22.0. The first-order valence-corrected chi connectivity index (χ1v) is 14.1. The van der Waals surface area contributed by atoms with E-state index in [4.69, 9.17) is 4.74 Å². The lowest BCUT2D eigenvalue weighted by molar-refractivity contribution is -0.286. The fourth-order valence-electron chi connectivity index (χ4n) is 4.48. The maximum Gasteiger partial charge on any atom is 0.586 e. The highest BCUT2D eigenvalue weighted by molar-refractivity contribution is 8.04. The van der Waals surface area contributed by atoms with Gasteiger partial charge in [0.2, 0.25) is 10.0 Å². The molecule has 1 aromatic heterocycles. The van der Waals surface area contributed by atoms with E-state index in [0.717, 1.165) is 29.6 Å². The molecule has 12 heteroatoms. The van der Waals surface area contributed by atoms with Crippen molar-refractivity contribution in [2.45, 2.75) is 49.8 Å². The van der Waals surface area contributed by atoms with Crippen molar-refractivity contribution in [2.24, 2.45) is 0 Å². The summed E-state index contributed by atoms with van der Waals surface area (Å²) >= 11 is 1.62. The van der Waals surface area contributed by atoms with Gasteiger partial charge in [-0.1, -0.05) is 12.2 Å². The van der Waals surface area contributed by atoms with Crippen LogP contribution in [0.1, 0.15) is 32.6 Å². The highest BCUT2D eigenvalue weighted by Crippen LogP contribution is 2.43. The van der Waals surface area contributed by atoms with Crippen molar-refractivity contribution in [3.63, 3.8) is 0 Å². The van der Waals surface area contributed by atoms with Gasteiger partial charge in [-0.15, -0.1) is 8.78 Å². The number of alkyl halides is 2. The molecule has 1 fully saturated rings. The number of piperidine rings is 1. The highest BCUT2D eigenvalue weighted by atomic mass is 32.2. The molecular formula is C25H27F2N3O5S2. The van der Waals surface area contributed by atoms with Crippen molar-refractivity contribution >= 4 is 27.8 Å². The van der Waals surface area contributed by atoms with Gasteiger partial charge in [0.15, 0.2) is 11.5 Å². The molecule has 1 aliphatic carbocycles. The summed E-state index contributed by atoms with van der Waals surface area (Å²) < 4.78 is 71.0. The fraction of sp³-hybridized carbons (Fsp3) is 0.400. The Balaban J connectivity index is 1.33. The van der Waals surface area contributed by atoms with E-state index < -0.39 is 16.3 Å². The van der Waals surface area contributed by atoms with E-state index in [1.54, 1.807) is 25.3 Å². The van der Waals surface area contributed by atoms with Gasteiger partial charge in [0.1, 0.15) is 11.6 Å². The van der Waals surface area contributed by atoms with Gasteiger partial charge in [-0.25, -0.2) is 13.4 Å². The lowest BCUT2D eigenvalue weighted by Gasteiger charge is -2.38. The van der Waals surface area contributed by atoms with Crippen LogP contribution in [0.2, 0.25) is 0 Å². The average Bonchev–Trinajstić information content (AvgIpc) is 3.21. The molecule has 1 saturated heterocycles. The van der Waals surface area contributed by atoms with E-state index in [2.05, 4.69) is 37.8 Å². The molecule has 5 rings (SSSR count). The summed E-state index contributed by atoms with van der Waals surface area (Å²) in [6.07, 6.45) is 5.44. The number of hydrogen-bond donors (Lipinski definition) is 0. The number of aromatic nitrogens is 1. The maximum atomic E-state index is 13.4. The third kappa shape index (κ3) is 5.41. The minimum atomic E-state index is -3.90. The van der Waals surface area contributed by atoms with Crippen LogP contribution >= 0.6 is 11.9 Å². The molecule has 198 valence electrons. The Labute approximate surface area is 219 Å². The first kappa shape index (κ1) is 25.8. The SMILES string of the molecule is COc1ccc(N(SC2=CCCC=C2C)C2CCN(S(=O)(=O)c3ccc4c(c3)OC(F)(F)O4)CC2)nc1. The van der Waals surface area contributed by atoms with Crippen LogP contribution in [-0.2, 0) is 10.0 Å². The molecule has 3 aliphatic rings. The number of rotatable bonds is 7.